The summed E-state index contributed by atoms with van der Waals surface area (Å²) in [5.74, 6) is 1.72. The number of aromatic nitrogens is 3. The largest absolute Gasteiger partial charge is 0.380 e. The molecule has 2 rings (SSSR count). The molecule has 0 spiro atoms. The van der Waals surface area contributed by atoms with Crippen LogP contribution in [0, 0.1) is 4.77 Å². The van der Waals surface area contributed by atoms with Crippen molar-refractivity contribution in [1.82, 2.24) is 14.8 Å². The van der Waals surface area contributed by atoms with Gasteiger partial charge in [-0.25, -0.2) is 0 Å². The smallest absolute Gasteiger partial charge is 0.195 e. The molecule has 1 aromatic heterocycles. The first-order chi connectivity index (χ1) is 8.33. The van der Waals surface area contributed by atoms with Crippen LogP contribution < -0.4 is 0 Å². The van der Waals surface area contributed by atoms with Gasteiger partial charge in [0, 0.05) is 12.5 Å². The standard InChI is InChI=1S/C12H21N3OS/c1-2-16-9-8-15-11(13-14-12(15)17)10-6-4-3-5-7-10/h10H,2-9H2,1H3,(H,14,17). The van der Waals surface area contributed by atoms with Crippen molar-refractivity contribution in [3.05, 3.63) is 10.6 Å². The quantitative estimate of drug-likeness (QED) is 0.649. The lowest BCUT2D eigenvalue weighted by Gasteiger charge is -2.21. The predicted octanol–water partition coefficient (Wildman–Crippen LogP) is 3.02. The highest BCUT2D eigenvalue weighted by Gasteiger charge is 2.20. The Hall–Kier alpha value is -0.680. The van der Waals surface area contributed by atoms with Gasteiger partial charge in [0.2, 0.25) is 0 Å². The molecule has 1 fully saturated rings. The molecule has 0 bridgehead atoms. The number of H-pyrrole nitrogens is 1. The lowest BCUT2D eigenvalue weighted by atomic mass is 9.89. The van der Waals surface area contributed by atoms with Crippen molar-refractivity contribution in [2.24, 2.45) is 0 Å². The molecule has 1 aromatic rings. The molecule has 5 heteroatoms. The van der Waals surface area contributed by atoms with E-state index >= 15 is 0 Å². The zero-order valence-electron chi connectivity index (χ0n) is 10.4. The first kappa shape index (κ1) is 12.8. The average Bonchev–Trinajstić information content (AvgIpc) is 2.73. The Kier molecular flexibility index (Phi) is 4.74. The highest BCUT2D eigenvalue weighted by molar-refractivity contribution is 7.71. The van der Waals surface area contributed by atoms with Crippen molar-refractivity contribution in [3.8, 4) is 0 Å². The minimum Gasteiger partial charge on any atom is -0.380 e. The van der Waals surface area contributed by atoms with Crippen LogP contribution in [-0.2, 0) is 11.3 Å². The van der Waals surface area contributed by atoms with Gasteiger partial charge in [0.05, 0.1) is 13.2 Å². The first-order valence-corrected chi connectivity index (χ1v) is 6.96. The van der Waals surface area contributed by atoms with Crippen molar-refractivity contribution in [3.63, 3.8) is 0 Å². The molecule has 0 unspecified atom stereocenters. The van der Waals surface area contributed by atoms with Gasteiger partial charge in [0.25, 0.3) is 0 Å². The average molecular weight is 255 g/mol. The van der Waals surface area contributed by atoms with E-state index in [1.807, 2.05) is 6.92 Å². The summed E-state index contributed by atoms with van der Waals surface area (Å²) in [6.45, 7) is 4.29. The molecule has 0 aromatic carbocycles. The van der Waals surface area contributed by atoms with Crippen molar-refractivity contribution in [2.75, 3.05) is 13.2 Å². The number of hydrogen-bond acceptors (Lipinski definition) is 3. The van der Waals surface area contributed by atoms with Gasteiger partial charge in [-0.15, -0.1) is 0 Å². The van der Waals surface area contributed by atoms with Gasteiger partial charge in [-0.2, -0.15) is 5.10 Å². The van der Waals surface area contributed by atoms with Crippen LogP contribution in [0.15, 0.2) is 0 Å². The maximum absolute atomic E-state index is 5.40. The normalized spacial score (nSPS) is 17.5. The van der Waals surface area contributed by atoms with E-state index in [1.165, 1.54) is 32.1 Å². The van der Waals surface area contributed by atoms with Crippen LogP contribution in [0.2, 0.25) is 0 Å². The van der Waals surface area contributed by atoms with E-state index in [0.29, 0.717) is 12.5 Å². The molecule has 0 radical (unpaired) electrons. The fraction of sp³-hybridized carbons (Fsp3) is 0.833. The summed E-state index contributed by atoms with van der Waals surface area (Å²) >= 11 is 5.28. The summed E-state index contributed by atoms with van der Waals surface area (Å²) in [6, 6.07) is 0. The first-order valence-electron chi connectivity index (χ1n) is 6.55. The lowest BCUT2D eigenvalue weighted by Crippen LogP contribution is -2.15. The van der Waals surface area contributed by atoms with Gasteiger partial charge < -0.3 is 9.30 Å². The third-order valence-corrected chi connectivity index (χ3v) is 3.73. The van der Waals surface area contributed by atoms with Crippen LogP contribution in [0.4, 0.5) is 0 Å². The number of hydrogen-bond donors (Lipinski definition) is 1. The van der Waals surface area contributed by atoms with Crippen molar-refractivity contribution in [2.45, 2.75) is 51.5 Å². The zero-order chi connectivity index (χ0) is 12.1. The minimum atomic E-state index is 0.582. The molecule has 1 saturated carbocycles. The summed E-state index contributed by atoms with van der Waals surface area (Å²) in [5.41, 5.74) is 0. The highest BCUT2D eigenvalue weighted by Crippen LogP contribution is 2.31. The Balaban J connectivity index is 2.07. The molecule has 0 aliphatic heterocycles. The summed E-state index contributed by atoms with van der Waals surface area (Å²) < 4.78 is 8.23. The lowest BCUT2D eigenvalue weighted by molar-refractivity contribution is 0.137. The Morgan fingerprint density at radius 2 is 2.18 bits per heavy atom. The van der Waals surface area contributed by atoms with E-state index in [0.717, 1.165) is 23.7 Å². The van der Waals surface area contributed by atoms with Gasteiger partial charge in [0.1, 0.15) is 5.82 Å². The van der Waals surface area contributed by atoms with Crippen LogP contribution in [0.3, 0.4) is 0 Å². The van der Waals surface area contributed by atoms with Crippen LogP contribution in [0.1, 0.15) is 50.8 Å². The van der Waals surface area contributed by atoms with Crippen molar-refractivity contribution < 1.29 is 4.74 Å². The SMILES string of the molecule is CCOCCn1c(C2CCCCC2)n[nH]c1=S. The molecular formula is C12H21N3OS. The summed E-state index contributed by atoms with van der Waals surface area (Å²) in [4.78, 5) is 0. The second kappa shape index (κ2) is 6.31. The van der Waals surface area contributed by atoms with Gasteiger partial charge in [-0.3, -0.25) is 5.10 Å². The zero-order valence-corrected chi connectivity index (χ0v) is 11.3. The van der Waals surface area contributed by atoms with E-state index in [-0.39, 0.29) is 0 Å². The molecule has 1 aliphatic rings. The second-order valence-corrected chi connectivity index (χ2v) is 4.96. The van der Waals surface area contributed by atoms with Crippen LogP contribution in [0.5, 0.6) is 0 Å². The highest BCUT2D eigenvalue weighted by atomic mass is 32.1. The summed E-state index contributed by atoms with van der Waals surface area (Å²) in [5, 5.41) is 7.33. The fourth-order valence-corrected chi connectivity index (χ4v) is 2.75. The van der Waals surface area contributed by atoms with E-state index in [2.05, 4.69) is 14.8 Å². The van der Waals surface area contributed by atoms with Crippen LogP contribution >= 0.6 is 12.2 Å². The van der Waals surface area contributed by atoms with Gasteiger partial charge in [0.15, 0.2) is 4.77 Å². The maximum Gasteiger partial charge on any atom is 0.195 e. The van der Waals surface area contributed by atoms with Gasteiger partial charge in [-0.1, -0.05) is 19.3 Å². The van der Waals surface area contributed by atoms with Gasteiger partial charge in [-0.05, 0) is 32.0 Å². The number of aromatic amines is 1. The molecule has 0 saturated heterocycles. The number of nitrogens with one attached hydrogen (secondary N) is 1. The van der Waals surface area contributed by atoms with Crippen molar-refractivity contribution >= 4 is 12.2 Å². The molecule has 17 heavy (non-hydrogen) atoms. The summed E-state index contributed by atoms with van der Waals surface area (Å²) in [6.07, 6.45) is 6.48. The number of nitrogens with zero attached hydrogens (tertiary/aromatic N) is 2. The molecule has 0 amide bonds. The third kappa shape index (κ3) is 3.16. The Labute approximate surface area is 107 Å². The number of ether oxygens (including phenoxy) is 1. The topological polar surface area (TPSA) is 42.8 Å². The monoisotopic (exact) mass is 255 g/mol. The Bertz CT molecular complexity index is 393. The fourth-order valence-electron chi connectivity index (χ4n) is 2.52. The molecule has 96 valence electrons. The molecule has 1 heterocycles. The van der Waals surface area contributed by atoms with E-state index in [9.17, 15) is 0 Å². The summed E-state index contributed by atoms with van der Waals surface area (Å²) in [7, 11) is 0. The Morgan fingerprint density at radius 3 is 2.88 bits per heavy atom. The second-order valence-electron chi connectivity index (χ2n) is 4.57. The molecule has 1 aliphatic carbocycles. The minimum absolute atomic E-state index is 0.582. The van der Waals surface area contributed by atoms with Gasteiger partial charge >= 0.3 is 0 Å². The molecule has 1 N–H and O–H groups in total. The van der Waals surface area contributed by atoms with E-state index in [1.54, 1.807) is 0 Å². The van der Waals surface area contributed by atoms with E-state index in [4.69, 9.17) is 17.0 Å². The third-order valence-electron chi connectivity index (χ3n) is 3.42. The maximum atomic E-state index is 5.40. The predicted molar refractivity (Wildman–Crippen MR) is 69.7 cm³/mol. The molecule has 0 atom stereocenters. The molecular weight excluding hydrogens is 234 g/mol. The number of rotatable bonds is 5. The van der Waals surface area contributed by atoms with Crippen molar-refractivity contribution in [1.29, 1.82) is 0 Å². The Morgan fingerprint density at radius 1 is 1.41 bits per heavy atom. The van der Waals surface area contributed by atoms with E-state index < -0.39 is 0 Å². The van der Waals surface area contributed by atoms with Crippen LogP contribution in [-0.4, -0.2) is 28.0 Å². The van der Waals surface area contributed by atoms with Crippen LogP contribution in [0.25, 0.3) is 0 Å². The molecule has 4 nitrogen and oxygen atoms in total.